The summed E-state index contributed by atoms with van der Waals surface area (Å²) in [5.74, 6) is 2.14. The summed E-state index contributed by atoms with van der Waals surface area (Å²) in [5.41, 5.74) is 0. The molecule has 3 amide bonds. The first-order valence-electron chi connectivity index (χ1n) is 10.4. The van der Waals surface area contributed by atoms with Crippen LogP contribution in [0.25, 0.3) is 0 Å². The second kappa shape index (κ2) is 8.27. The quantitative estimate of drug-likeness (QED) is 0.788. The van der Waals surface area contributed by atoms with Crippen LogP contribution >= 0.6 is 0 Å². The second-order valence-electron chi connectivity index (χ2n) is 7.92. The van der Waals surface area contributed by atoms with E-state index in [9.17, 15) is 9.59 Å². The van der Waals surface area contributed by atoms with Gasteiger partial charge in [0.25, 0.3) is 0 Å². The number of urea groups is 1. The molecule has 0 radical (unpaired) electrons. The first-order valence-corrected chi connectivity index (χ1v) is 10.4. The summed E-state index contributed by atoms with van der Waals surface area (Å²) in [6.45, 7) is 2.92. The van der Waals surface area contributed by atoms with Gasteiger partial charge in [0, 0.05) is 51.0 Å². The van der Waals surface area contributed by atoms with Crippen LogP contribution in [0.1, 0.15) is 69.0 Å². The third kappa shape index (κ3) is 4.59. The van der Waals surface area contributed by atoms with E-state index in [2.05, 4.69) is 15.5 Å². The van der Waals surface area contributed by atoms with Crippen molar-refractivity contribution in [3.63, 3.8) is 0 Å². The lowest BCUT2D eigenvalue weighted by molar-refractivity contribution is -0.127. The predicted octanol–water partition coefficient (Wildman–Crippen LogP) is 2.07. The largest absolute Gasteiger partial charge is 0.343 e. The van der Waals surface area contributed by atoms with Crippen molar-refractivity contribution >= 4 is 11.9 Å². The van der Waals surface area contributed by atoms with E-state index < -0.39 is 0 Å². The molecule has 0 bridgehead atoms. The lowest BCUT2D eigenvalue weighted by atomic mass is 9.99. The zero-order valence-corrected chi connectivity index (χ0v) is 15.9. The van der Waals surface area contributed by atoms with Gasteiger partial charge < -0.3 is 19.6 Å². The van der Waals surface area contributed by atoms with Gasteiger partial charge >= 0.3 is 6.03 Å². The van der Waals surface area contributed by atoms with Gasteiger partial charge in [-0.25, -0.2) is 4.79 Å². The second-order valence-corrected chi connectivity index (χ2v) is 7.92. The Morgan fingerprint density at radius 2 is 2.07 bits per heavy atom. The summed E-state index contributed by atoms with van der Waals surface area (Å²) in [5, 5.41) is 7.00. The Balaban J connectivity index is 1.23. The van der Waals surface area contributed by atoms with Crippen LogP contribution in [-0.4, -0.2) is 64.1 Å². The van der Waals surface area contributed by atoms with Crippen LogP contribution in [-0.2, 0) is 11.2 Å². The summed E-state index contributed by atoms with van der Waals surface area (Å²) in [6.07, 6.45) is 8.57. The van der Waals surface area contributed by atoms with E-state index in [4.69, 9.17) is 4.52 Å². The number of rotatable bonds is 7. The summed E-state index contributed by atoms with van der Waals surface area (Å²) < 4.78 is 5.26. The van der Waals surface area contributed by atoms with Crippen molar-refractivity contribution in [3.8, 4) is 0 Å². The van der Waals surface area contributed by atoms with E-state index in [1.165, 1.54) is 0 Å². The van der Waals surface area contributed by atoms with Gasteiger partial charge in [-0.3, -0.25) is 4.79 Å². The van der Waals surface area contributed by atoms with E-state index in [0.29, 0.717) is 31.2 Å². The Labute approximate surface area is 159 Å². The van der Waals surface area contributed by atoms with Crippen molar-refractivity contribution < 1.29 is 14.1 Å². The number of amides is 3. The van der Waals surface area contributed by atoms with Gasteiger partial charge in [-0.05, 0) is 44.9 Å². The van der Waals surface area contributed by atoms with Gasteiger partial charge in [-0.15, -0.1) is 0 Å². The number of carbonyl (C=O) groups excluding carboxylic acids is 2. The van der Waals surface area contributed by atoms with Gasteiger partial charge in [-0.1, -0.05) is 5.16 Å². The van der Waals surface area contributed by atoms with E-state index in [1.54, 1.807) is 0 Å². The molecule has 27 heavy (non-hydrogen) atoms. The SMILES string of the molecule is O=C1CCCN1CC[C@H]1CCCCN1C(=O)NCCc1nc(C2CC2)no1. The minimum atomic E-state index is -0.0191. The monoisotopic (exact) mass is 375 g/mol. The zero-order chi connectivity index (χ0) is 18.6. The highest BCUT2D eigenvalue weighted by Crippen LogP contribution is 2.38. The highest BCUT2D eigenvalue weighted by atomic mass is 16.5. The number of hydrogen-bond donors (Lipinski definition) is 1. The number of carbonyl (C=O) groups is 2. The molecule has 0 unspecified atom stereocenters. The smallest absolute Gasteiger partial charge is 0.317 e. The van der Waals surface area contributed by atoms with Crippen molar-refractivity contribution in [2.24, 2.45) is 0 Å². The maximum absolute atomic E-state index is 12.7. The standard InChI is InChI=1S/C19H29N5O3/c25-17-5-3-11-23(17)13-9-15-4-1-2-12-24(15)19(26)20-10-8-16-21-18(22-27-16)14-6-7-14/h14-15H,1-13H2,(H,20,26)/t15-/m1/s1. The van der Waals surface area contributed by atoms with Gasteiger partial charge in [0.05, 0.1) is 0 Å². The minimum Gasteiger partial charge on any atom is -0.343 e. The molecule has 1 aromatic heterocycles. The molecule has 2 aliphatic heterocycles. The van der Waals surface area contributed by atoms with E-state index in [-0.39, 0.29) is 18.0 Å². The van der Waals surface area contributed by atoms with Crippen molar-refractivity contribution in [3.05, 3.63) is 11.7 Å². The van der Waals surface area contributed by atoms with Gasteiger partial charge in [0.2, 0.25) is 11.8 Å². The fourth-order valence-electron chi connectivity index (χ4n) is 4.07. The van der Waals surface area contributed by atoms with E-state index in [0.717, 1.165) is 70.4 Å². The Kier molecular flexibility index (Phi) is 5.59. The molecule has 3 aliphatic rings. The molecule has 3 fully saturated rings. The molecule has 1 atom stereocenters. The number of hydrogen-bond acceptors (Lipinski definition) is 5. The Morgan fingerprint density at radius 3 is 2.85 bits per heavy atom. The Bertz CT molecular complexity index is 672. The van der Waals surface area contributed by atoms with Gasteiger partial charge in [0.15, 0.2) is 5.82 Å². The van der Waals surface area contributed by atoms with Crippen molar-refractivity contribution in [2.75, 3.05) is 26.2 Å². The molecule has 1 N–H and O–H groups in total. The fourth-order valence-corrected chi connectivity index (χ4v) is 4.07. The number of likely N-dealkylation sites (tertiary alicyclic amines) is 2. The molecule has 1 saturated carbocycles. The number of nitrogens with one attached hydrogen (secondary N) is 1. The number of aromatic nitrogens is 2. The molecule has 1 aromatic rings. The normalized spacial score (nSPS) is 23.1. The maximum atomic E-state index is 12.7. The molecular formula is C19H29N5O3. The zero-order valence-electron chi connectivity index (χ0n) is 15.9. The molecular weight excluding hydrogens is 346 g/mol. The summed E-state index contributed by atoms with van der Waals surface area (Å²) in [4.78, 5) is 32.7. The fraction of sp³-hybridized carbons (Fsp3) is 0.789. The molecule has 8 heteroatoms. The predicted molar refractivity (Wildman–Crippen MR) is 98.2 cm³/mol. The number of piperidine rings is 1. The van der Waals surface area contributed by atoms with Crippen molar-refractivity contribution in [1.82, 2.24) is 25.3 Å². The third-order valence-corrected chi connectivity index (χ3v) is 5.83. The first-order chi connectivity index (χ1) is 13.2. The highest BCUT2D eigenvalue weighted by molar-refractivity contribution is 5.78. The summed E-state index contributed by atoms with van der Waals surface area (Å²) in [7, 11) is 0. The van der Waals surface area contributed by atoms with Gasteiger partial charge in [-0.2, -0.15) is 4.98 Å². The topological polar surface area (TPSA) is 91.6 Å². The molecule has 1 aliphatic carbocycles. The van der Waals surface area contributed by atoms with Crippen LogP contribution in [0, 0.1) is 0 Å². The molecule has 2 saturated heterocycles. The molecule has 3 heterocycles. The maximum Gasteiger partial charge on any atom is 0.317 e. The Morgan fingerprint density at radius 1 is 1.19 bits per heavy atom. The summed E-state index contributed by atoms with van der Waals surface area (Å²) in [6, 6.07) is 0.200. The molecule has 8 nitrogen and oxygen atoms in total. The third-order valence-electron chi connectivity index (χ3n) is 5.83. The number of nitrogens with zero attached hydrogens (tertiary/aromatic N) is 4. The average molecular weight is 375 g/mol. The van der Waals surface area contributed by atoms with Crippen LogP contribution in [0.2, 0.25) is 0 Å². The summed E-state index contributed by atoms with van der Waals surface area (Å²) >= 11 is 0. The van der Waals surface area contributed by atoms with Crippen LogP contribution in [0.5, 0.6) is 0 Å². The molecule has 4 rings (SSSR count). The van der Waals surface area contributed by atoms with E-state index >= 15 is 0 Å². The molecule has 148 valence electrons. The van der Waals surface area contributed by atoms with E-state index in [1.807, 2.05) is 9.80 Å². The van der Waals surface area contributed by atoms with Crippen LogP contribution < -0.4 is 5.32 Å². The van der Waals surface area contributed by atoms with Crippen molar-refractivity contribution in [2.45, 2.75) is 69.7 Å². The van der Waals surface area contributed by atoms with Crippen molar-refractivity contribution in [1.29, 1.82) is 0 Å². The molecule has 0 spiro atoms. The average Bonchev–Trinajstić information content (AvgIpc) is 3.29. The van der Waals surface area contributed by atoms with Crippen LogP contribution in [0.15, 0.2) is 4.52 Å². The van der Waals surface area contributed by atoms with Crippen LogP contribution in [0.3, 0.4) is 0 Å². The van der Waals surface area contributed by atoms with Gasteiger partial charge in [0.1, 0.15) is 0 Å². The lowest BCUT2D eigenvalue weighted by Gasteiger charge is -2.36. The Hall–Kier alpha value is -2.12. The van der Waals surface area contributed by atoms with Crippen LogP contribution in [0.4, 0.5) is 4.79 Å². The highest BCUT2D eigenvalue weighted by Gasteiger charge is 2.30. The lowest BCUT2D eigenvalue weighted by Crippen LogP contribution is -2.50. The first kappa shape index (κ1) is 18.3. The minimum absolute atomic E-state index is 0.0191. The molecule has 0 aromatic carbocycles.